The number of nitrogens with zero attached hydrogens (tertiary/aromatic N) is 4. The molecule has 0 saturated carbocycles. The number of alkyl carbamates (subject to hydrolysis) is 4. The van der Waals surface area contributed by atoms with Crippen LogP contribution in [0.3, 0.4) is 0 Å². The Balaban J connectivity index is 1.40. The number of ether oxygens (including phenoxy) is 12. The highest BCUT2D eigenvalue weighted by Gasteiger charge is 2.39. The van der Waals surface area contributed by atoms with Gasteiger partial charge in [0.2, 0.25) is 11.9 Å². The minimum absolute atomic E-state index is 0.0132. The van der Waals surface area contributed by atoms with Crippen LogP contribution in [-0.2, 0) is 84.6 Å². The smallest absolute Gasteiger partial charge is 0.414 e. The third kappa shape index (κ3) is 44.1. The van der Waals surface area contributed by atoms with Gasteiger partial charge in [0.15, 0.2) is 0 Å². The molecule has 662 valence electrons. The number of hydrogen-bond donors (Lipinski definition) is 4. The first-order chi connectivity index (χ1) is 55.3. The highest BCUT2D eigenvalue weighted by molar-refractivity contribution is 6.03. The van der Waals surface area contributed by atoms with Gasteiger partial charge >= 0.3 is 66.3 Å². The van der Waals surface area contributed by atoms with Crippen molar-refractivity contribution in [2.24, 2.45) is 9.98 Å². The summed E-state index contributed by atoms with van der Waals surface area (Å²) in [7, 11) is 0. The summed E-state index contributed by atoms with van der Waals surface area (Å²) in [5, 5.41) is 9.61. The summed E-state index contributed by atoms with van der Waals surface area (Å²) in [5.74, 6) is -4.60. The van der Waals surface area contributed by atoms with E-state index >= 15 is 0 Å². The van der Waals surface area contributed by atoms with Gasteiger partial charge in [0.25, 0.3) is 0 Å². The third-order valence-corrected chi connectivity index (χ3v) is 15.3. The number of amides is 5. The second-order valence-corrected chi connectivity index (χ2v) is 36.3. The standard InChI is InChI=1S/C88H126N8O24/c1-81(2,3)113-68(98)52-66(72(102)115-83(7,8)9)95(56-109-54-57-34-46-64(47-35-57)111-70(100)59-38-42-61(43-39-59)89-74(91-76(104)117-85(13,14)15)92-77(105)118-86(16,17)18)50-31-33-63(97)32-29-27-25-26-28-30-51-96(67(73(103)116-84(10,11)12)53-69(99)114-82(4,5)6)80(108)110-55-58-36-48-65(49-37-58)112-71(101)60-40-44-62(45-41-60)90-75(93-78(106)119-87(19,20)21)94-79(107)120-88(22,23)24/h34-49,66-67H,25-33,50-56H2,1-24H3,(H2,89,91,92,104,105)(H2,90,93,94,106,107). The van der Waals surface area contributed by atoms with Crippen molar-refractivity contribution in [3.8, 4) is 11.5 Å². The normalized spacial score (nSPS) is 12.5. The Labute approximate surface area is 705 Å². The number of rotatable bonds is 33. The van der Waals surface area contributed by atoms with Crippen LogP contribution in [0.4, 0.5) is 35.3 Å². The molecule has 120 heavy (non-hydrogen) atoms. The zero-order chi connectivity index (χ0) is 90.4. The van der Waals surface area contributed by atoms with E-state index < -0.39 is 130 Å². The minimum Gasteiger partial charge on any atom is -0.460 e. The van der Waals surface area contributed by atoms with Crippen molar-refractivity contribution in [2.45, 2.75) is 307 Å². The molecule has 2 unspecified atom stereocenters. The van der Waals surface area contributed by atoms with Gasteiger partial charge in [0, 0.05) is 25.9 Å². The van der Waals surface area contributed by atoms with Gasteiger partial charge in [-0.2, -0.15) is 0 Å². The van der Waals surface area contributed by atoms with Crippen LogP contribution >= 0.6 is 0 Å². The van der Waals surface area contributed by atoms with Crippen molar-refractivity contribution in [2.75, 3.05) is 19.8 Å². The monoisotopic (exact) mass is 1680 g/mol. The van der Waals surface area contributed by atoms with Gasteiger partial charge in [0.05, 0.1) is 42.0 Å². The van der Waals surface area contributed by atoms with Crippen molar-refractivity contribution in [1.82, 2.24) is 31.1 Å². The quantitative estimate of drug-likeness (QED) is 0.00654. The van der Waals surface area contributed by atoms with Crippen LogP contribution in [0, 0.1) is 0 Å². The maximum Gasteiger partial charge on any atom is 0.414 e. The summed E-state index contributed by atoms with van der Waals surface area (Å²) in [4.78, 5) is 171. The molecule has 4 aromatic carbocycles. The molecule has 2 atom stereocenters. The van der Waals surface area contributed by atoms with E-state index in [1.807, 2.05) is 0 Å². The Bertz CT molecular complexity index is 4100. The highest BCUT2D eigenvalue weighted by atomic mass is 16.6. The van der Waals surface area contributed by atoms with Crippen LogP contribution in [0.15, 0.2) is 107 Å². The van der Waals surface area contributed by atoms with Gasteiger partial charge in [-0.05, 0) is 269 Å². The van der Waals surface area contributed by atoms with E-state index in [4.69, 9.17) is 56.8 Å². The Morgan fingerprint density at radius 2 is 0.675 bits per heavy atom. The second-order valence-electron chi connectivity index (χ2n) is 36.3. The zero-order valence-corrected chi connectivity index (χ0v) is 74.3. The van der Waals surface area contributed by atoms with Gasteiger partial charge < -0.3 is 56.8 Å². The van der Waals surface area contributed by atoms with Gasteiger partial charge in [0.1, 0.15) is 87.5 Å². The average Bonchev–Trinajstić information content (AvgIpc) is 0.848. The zero-order valence-electron chi connectivity index (χ0n) is 74.3. The van der Waals surface area contributed by atoms with Gasteiger partial charge in [-0.25, -0.2) is 48.3 Å². The van der Waals surface area contributed by atoms with E-state index in [-0.39, 0.29) is 104 Å². The van der Waals surface area contributed by atoms with Crippen LogP contribution in [-0.4, -0.2) is 170 Å². The number of ketones is 1. The summed E-state index contributed by atoms with van der Waals surface area (Å²) in [6.07, 6.45) is -1.01. The first-order valence-electron chi connectivity index (χ1n) is 40.0. The molecule has 0 spiro atoms. The van der Waals surface area contributed by atoms with Gasteiger partial charge in [-0.15, -0.1) is 0 Å². The minimum atomic E-state index is -1.44. The summed E-state index contributed by atoms with van der Waals surface area (Å²) in [5.41, 5.74) is -5.24. The van der Waals surface area contributed by atoms with Crippen LogP contribution in [0.1, 0.15) is 269 Å². The molecule has 0 aromatic heterocycles. The van der Waals surface area contributed by atoms with E-state index in [1.165, 1.54) is 65.6 Å². The van der Waals surface area contributed by atoms with E-state index in [0.717, 1.165) is 6.42 Å². The molecular weight excluding hydrogens is 1550 g/mol. The number of unbranched alkanes of at least 4 members (excludes halogenated alkanes) is 5. The molecule has 0 bridgehead atoms. The third-order valence-electron chi connectivity index (χ3n) is 15.3. The number of benzene rings is 4. The molecule has 32 heteroatoms. The number of carbonyl (C=O) groups excluding carboxylic acids is 12. The number of guanidine groups is 2. The summed E-state index contributed by atoms with van der Waals surface area (Å²) in [6.45, 7) is 40.0. The van der Waals surface area contributed by atoms with E-state index in [2.05, 4.69) is 31.3 Å². The van der Waals surface area contributed by atoms with Crippen LogP contribution in [0.25, 0.3) is 0 Å². The molecule has 5 amide bonds. The number of aliphatic imine (C=N–C) groups is 2. The molecular formula is C88H126N8O24. The van der Waals surface area contributed by atoms with Crippen LogP contribution < -0.4 is 30.7 Å². The molecule has 0 heterocycles. The Kier molecular flexibility index (Phi) is 38.3. The Morgan fingerprint density at radius 3 is 1.04 bits per heavy atom. The van der Waals surface area contributed by atoms with Crippen molar-refractivity contribution in [3.05, 3.63) is 119 Å². The second kappa shape index (κ2) is 45.4. The van der Waals surface area contributed by atoms with Gasteiger partial charge in [-0.3, -0.25) is 50.2 Å². The first kappa shape index (κ1) is 101. The average molecular weight is 1680 g/mol. The molecule has 0 fully saturated rings. The maximum absolute atomic E-state index is 14.3. The summed E-state index contributed by atoms with van der Waals surface area (Å²) >= 11 is 0. The fourth-order valence-corrected chi connectivity index (χ4v) is 10.6. The number of esters is 6. The molecule has 0 aliphatic heterocycles. The fraction of sp³-hybridized carbons (Fsp3) is 0.568. The molecule has 0 aliphatic rings. The van der Waals surface area contributed by atoms with Crippen molar-refractivity contribution < 1.29 is 114 Å². The maximum atomic E-state index is 14.3. The number of hydrogen-bond acceptors (Lipinski definition) is 27. The lowest BCUT2D eigenvalue weighted by Gasteiger charge is -2.32. The lowest BCUT2D eigenvalue weighted by molar-refractivity contribution is -0.171. The fourth-order valence-electron chi connectivity index (χ4n) is 10.6. The molecule has 4 N–H and O–H groups in total. The molecule has 32 nitrogen and oxygen atoms in total. The number of carbonyl (C=O) groups is 12. The van der Waals surface area contributed by atoms with E-state index in [1.54, 1.807) is 207 Å². The topological polar surface area (TPSA) is 395 Å². The van der Waals surface area contributed by atoms with Crippen molar-refractivity contribution in [3.63, 3.8) is 0 Å². The predicted molar refractivity (Wildman–Crippen MR) is 447 cm³/mol. The van der Waals surface area contributed by atoms with Crippen molar-refractivity contribution >= 4 is 95.4 Å². The molecule has 0 radical (unpaired) electrons. The van der Waals surface area contributed by atoms with Gasteiger partial charge in [-0.1, -0.05) is 49.9 Å². The number of Topliss-reactive ketones (excluding diaryl/α,β-unsaturated/α-hetero) is 1. The molecule has 0 aliphatic carbocycles. The number of nitrogens with one attached hydrogen (secondary N) is 4. The lowest BCUT2D eigenvalue weighted by atomic mass is 10.0. The van der Waals surface area contributed by atoms with E-state index in [0.29, 0.717) is 49.7 Å². The van der Waals surface area contributed by atoms with Crippen molar-refractivity contribution in [1.29, 1.82) is 0 Å². The van der Waals surface area contributed by atoms with E-state index in [9.17, 15) is 57.5 Å². The highest BCUT2D eigenvalue weighted by Crippen LogP contribution is 2.26. The van der Waals surface area contributed by atoms with Crippen LogP contribution in [0.5, 0.6) is 11.5 Å². The molecule has 4 aromatic rings. The predicted octanol–water partition coefficient (Wildman–Crippen LogP) is 16.6. The first-order valence-corrected chi connectivity index (χ1v) is 40.0. The Hall–Kier alpha value is -11.0. The summed E-state index contributed by atoms with van der Waals surface area (Å²) < 4.78 is 67.4. The SMILES string of the molecule is CC(C)(C)OC(=O)CC(C(=O)OC(C)(C)C)N(CCCC(=O)CCCCCCCCN(C(=O)OCc1ccc(OC(=O)c2ccc(N=C(NC(=O)OC(C)(C)C)NC(=O)OC(C)(C)C)cc2)cc1)C(CC(=O)OC(C)(C)C)C(=O)OC(C)(C)C)COCc1ccc(OC(=O)c2ccc(N=C(NC(=O)OC(C)(C)C)NC(=O)OC(C)(C)C)cc2)cc1. The summed E-state index contributed by atoms with van der Waals surface area (Å²) in [6, 6.07) is 21.7. The molecule has 4 rings (SSSR count). The molecule has 0 saturated heterocycles. The largest absolute Gasteiger partial charge is 0.460 e. The lowest BCUT2D eigenvalue weighted by Crippen LogP contribution is -2.49. The van der Waals surface area contributed by atoms with Crippen LogP contribution in [0.2, 0.25) is 0 Å². The Morgan fingerprint density at radius 1 is 0.350 bits per heavy atom.